The van der Waals surface area contributed by atoms with Crippen LogP contribution in [0.25, 0.3) is 5.76 Å². The molecule has 0 radical (unpaired) electrons. The van der Waals surface area contributed by atoms with Crippen LogP contribution >= 0.6 is 0 Å². The lowest BCUT2D eigenvalue weighted by Crippen LogP contribution is -2.29. The Kier molecular flexibility index (Phi) is 5.40. The van der Waals surface area contributed by atoms with Crippen LogP contribution in [0.3, 0.4) is 0 Å². The molecule has 1 aliphatic heterocycles. The van der Waals surface area contributed by atoms with E-state index in [2.05, 4.69) is 5.16 Å². The van der Waals surface area contributed by atoms with E-state index in [4.69, 9.17) is 14.0 Å². The van der Waals surface area contributed by atoms with E-state index in [1.807, 2.05) is 0 Å². The van der Waals surface area contributed by atoms with Crippen LogP contribution in [0.2, 0.25) is 0 Å². The SMILES string of the molecule is COc1ccc(/C(O)=C2\C(=O)C(=O)N(c3cc(C)on3)[C@H]2c2ccc(F)cc2)cc1OC. The number of aromatic nitrogens is 1. The Morgan fingerprint density at radius 3 is 2.34 bits per heavy atom. The average molecular weight is 438 g/mol. The number of aliphatic hydroxyl groups excluding tert-OH is 1. The van der Waals surface area contributed by atoms with Crippen molar-refractivity contribution in [2.24, 2.45) is 0 Å². The second-order valence-electron chi connectivity index (χ2n) is 7.09. The number of amides is 1. The first-order valence-corrected chi connectivity index (χ1v) is 9.58. The number of hydrogen-bond acceptors (Lipinski definition) is 7. The van der Waals surface area contributed by atoms with Gasteiger partial charge in [-0.1, -0.05) is 17.3 Å². The highest BCUT2D eigenvalue weighted by Crippen LogP contribution is 2.42. The minimum Gasteiger partial charge on any atom is -0.507 e. The zero-order chi connectivity index (χ0) is 23.0. The van der Waals surface area contributed by atoms with Gasteiger partial charge in [0, 0.05) is 11.6 Å². The van der Waals surface area contributed by atoms with E-state index >= 15 is 0 Å². The summed E-state index contributed by atoms with van der Waals surface area (Å²) in [6, 6.07) is 10.3. The number of aliphatic hydroxyl groups is 1. The highest BCUT2D eigenvalue weighted by Gasteiger charge is 2.48. The van der Waals surface area contributed by atoms with E-state index in [1.165, 1.54) is 56.7 Å². The number of carbonyl (C=O) groups excluding carboxylic acids is 2. The molecule has 9 heteroatoms. The number of hydrogen-bond donors (Lipinski definition) is 1. The van der Waals surface area contributed by atoms with Crippen molar-refractivity contribution in [2.45, 2.75) is 13.0 Å². The highest BCUT2D eigenvalue weighted by atomic mass is 19.1. The molecule has 0 spiro atoms. The Morgan fingerprint density at radius 1 is 1.06 bits per heavy atom. The van der Waals surface area contributed by atoms with E-state index in [-0.39, 0.29) is 17.0 Å². The van der Waals surface area contributed by atoms with Gasteiger partial charge < -0.3 is 19.1 Å². The summed E-state index contributed by atoms with van der Waals surface area (Å²) in [5.74, 6) is -1.41. The maximum atomic E-state index is 13.6. The number of halogens is 1. The monoisotopic (exact) mass is 438 g/mol. The Morgan fingerprint density at radius 2 is 1.75 bits per heavy atom. The summed E-state index contributed by atoms with van der Waals surface area (Å²) in [6.07, 6.45) is 0. The van der Waals surface area contributed by atoms with Gasteiger partial charge in [-0.25, -0.2) is 4.39 Å². The fourth-order valence-electron chi connectivity index (χ4n) is 3.64. The molecule has 1 saturated heterocycles. The number of rotatable bonds is 5. The summed E-state index contributed by atoms with van der Waals surface area (Å²) in [6.45, 7) is 1.64. The molecule has 1 amide bonds. The van der Waals surface area contributed by atoms with Gasteiger partial charge in [0.2, 0.25) is 0 Å². The molecule has 1 N–H and O–H groups in total. The van der Waals surface area contributed by atoms with Crippen molar-refractivity contribution in [1.29, 1.82) is 0 Å². The minimum atomic E-state index is -1.05. The van der Waals surface area contributed by atoms with Crippen LogP contribution < -0.4 is 14.4 Å². The second kappa shape index (κ2) is 8.18. The standard InChI is InChI=1S/C23H19FN2O6/c1-12-10-18(25-32-12)26-20(13-4-7-15(24)8-5-13)19(22(28)23(26)29)21(27)14-6-9-16(30-2)17(11-14)31-3/h4-11,20,27H,1-3H3/b21-19+/t20-/m0/s1. The third kappa shape index (κ3) is 3.47. The number of Topliss-reactive ketones (excluding diaryl/α,β-unsaturated/α-hetero) is 1. The van der Waals surface area contributed by atoms with Crippen LogP contribution in [0, 0.1) is 12.7 Å². The number of carbonyl (C=O) groups is 2. The van der Waals surface area contributed by atoms with Crippen LogP contribution in [0.4, 0.5) is 10.2 Å². The van der Waals surface area contributed by atoms with Crippen molar-refractivity contribution >= 4 is 23.3 Å². The second-order valence-corrected chi connectivity index (χ2v) is 7.09. The number of methoxy groups -OCH3 is 2. The van der Waals surface area contributed by atoms with Crippen molar-refractivity contribution < 1.29 is 33.1 Å². The van der Waals surface area contributed by atoms with Gasteiger partial charge in [0.05, 0.1) is 25.8 Å². The molecule has 0 aliphatic carbocycles. The molecule has 0 saturated carbocycles. The quantitative estimate of drug-likeness (QED) is 0.368. The van der Waals surface area contributed by atoms with Gasteiger partial charge in [0.1, 0.15) is 17.3 Å². The number of benzene rings is 2. The van der Waals surface area contributed by atoms with Crippen LogP contribution in [0.1, 0.15) is 22.9 Å². The molecule has 1 fully saturated rings. The molecular formula is C23H19FN2O6. The van der Waals surface area contributed by atoms with E-state index in [0.29, 0.717) is 22.8 Å². The van der Waals surface area contributed by atoms with Crippen molar-refractivity contribution in [3.05, 3.63) is 76.8 Å². The van der Waals surface area contributed by atoms with Gasteiger partial charge in [-0.3, -0.25) is 14.5 Å². The van der Waals surface area contributed by atoms with Gasteiger partial charge in [-0.2, -0.15) is 0 Å². The lowest BCUT2D eigenvalue weighted by molar-refractivity contribution is -0.132. The molecule has 3 aromatic rings. The zero-order valence-electron chi connectivity index (χ0n) is 17.5. The third-order valence-corrected chi connectivity index (χ3v) is 5.15. The maximum absolute atomic E-state index is 13.6. The van der Waals surface area contributed by atoms with Crippen molar-refractivity contribution in [2.75, 3.05) is 19.1 Å². The number of ketones is 1. The minimum absolute atomic E-state index is 0.102. The molecular weight excluding hydrogens is 419 g/mol. The smallest absolute Gasteiger partial charge is 0.301 e. The number of ether oxygens (including phenoxy) is 2. The highest BCUT2D eigenvalue weighted by molar-refractivity contribution is 6.51. The molecule has 1 aliphatic rings. The van der Waals surface area contributed by atoms with Crippen molar-refractivity contribution in [3.63, 3.8) is 0 Å². The van der Waals surface area contributed by atoms with Crippen LogP contribution in [-0.2, 0) is 9.59 Å². The van der Waals surface area contributed by atoms with Gasteiger partial charge in [-0.05, 0) is 42.8 Å². The number of aryl methyl sites for hydroxylation is 1. The summed E-state index contributed by atoms with van der Waals surface area (Å²) in [4.78, 5) is 27.1. The molecule has 2 heterocycles. The summed E-state index contributed by atoms with van der Waals surface area (Å²) >= 11 is 0. The number of anilines is 1. The Balaban J connectivity index is 1.93. The predicted molar refractivity (Wildman–Crippen MR) is 112 cm³/mol. The summed E-state index contributed by atoms with van der Waals surface area (Å²) in [5, 5.41) is 15.0. The first kappa shape index (κ1) is 21.1. The first-order chi connectivity index (χ1) is 15.3. The van der Waals surface area contributed by atoms with E-state index in [9.17, 15) is 19.1 Å². The van der Waals surface area contributed by atoms with Gasteiger partial charge >= 0.3 is 5.91 Å². The lowest BCUT2D eigenvalue weighted by atomic mass is 9.95. The third-order valence-electron chi connectivity index (χ3n) is 5.15. The summed E-state index contributed by atoms with van der Waals surface area (Å²) in [7, 11) is 2.91. The van der Waals surface area contributed by atoms with E-state index in [1.54, 1.807) is 13.0 Å². The molecule has 0 bridgehead atoms. The lowest BCUT2D eigenvalue weighted by Gasteiger charge is -2.22. The Labute approximate surface area is 182 Å². The molecule has 164 valence electrons. The van der Waals surface area contributed by atoms with Crippen LogP contribution in [0.5, 0.6) is 11.5 Å². The van der Waals surface area contributed by atoms with Gasteiger partial charge in [0.15, 0.2) is 17.3 Å². The molecule has 1 atom stereocenters. The fourth-order valence-corrected chi connectivity index (χ4v) is 3.64. The maximum Gasteiger partial charge on any atom is 0.301 e. The molecule has 0 unspecified atom stereocenters. The first-order valence-electron chi connectivity index (χ1n) is 9.58. The van der Waals surface area contributed by atoms with Crippen molar-refractivity contribution in [3.8, 4) is 11.5 Å². The number of nitrogens with zero attached hydrogens (tertiary/aromatic N) is 2. The zero-order valence-corrected chi connectivity index (χ0v) is 17.5. The normalized spacial score (nSPS) is 17.6. The Bertz CT molecular complexity index is 1230. The average Bonchev–Trinajstić information content (AvgIpc) is 3.34. The summed E-state index contributed by atoms with van der Waals surface area (Å²) < 4.78 is 29.1. The molecule has 2 aromatic carbocycles. The summed E-state index contributed by atoms with van der Waals surface area (Å²) in [5.41, 5.74) is 0.479. The Hall–Kier alpha value is -4.14. The van der Waals surface area contributed by atoms with E-state index in [0.717, 1.165) is 4.90 Å². The van der Waals surface area contributed by atoms with E-state index < -0.39 is 29.3 Å². The van der Waals surface area contributed by atoms with Gasteiger partial charge in [-0.15, -0.1) is 0 Å². The topological polar surface area (TPSA) is 102 Å². The fraction of sp³-hybridized carbons (Fsp3) is 0.174. The van der Waals surface area contributed by atoms with Crippen LogP contribution in [0.15, 0.2) is 58.6 Å². The van der Waals surface area contributed by atoms with Gasteiger partial charge in [0.25, 0.3) is 5.78 Å². The molecule has 4 rings (SSSR count). The predicted octanol–water partition coefficient (Wildman–Crippen LogP) is 3.77. The largest absolute Gasteiger partial charge is 0.507 e. The molecule has 1 aromatic heterocycles. The van der Waals surface area contributed by atoms with Crippen LogP contribution in [-0.4, -0.2) is 36.2 Å². The molecule has 32 heavy (non-hydrogen) atoms. The van der Waals surface area contributed by atoms with Crippen molar-refractivity contribution in [1.82, 2.24) is 5.16 Å². The molecule has 8 nitrogen and oxygen atoms in total.